The molecule has 100 valence electrons. The van der Waals surface area contributed by atoms with Crippen molar-refractivity contribution in [1.29, 1.82) is 0 Å². The van der Waals surface area contributed by atoms with E-state index < -0.39 is 0 Å². The van der Waals surface area contributed by atoms with Gasteiger partial charge in [-0.25, -0.2) is 4.98 Å². The topological polar surface area (TPSA) is 90.9 Å². The lowest BCUT2D eigenvalue weighted by molar-refractivity contribution is 0.102. The molecular weight excluding hydrogens is 256 g/mol. The lowest BCUT2D eigenvalue weighted by Crippen LogP contribution is -2.12. The third-order valence-corrected chi connectivity index (χ3v) is 2.90. The minimum atomic E-state index is -0.338. The number of carbonyl (C=O) groups is 1. The van der Waals surface area contributed by atoms with Crippen LogP contribution >= 0.6 is 0 Å². The highest BCUT2D eigenvalue weighted by atomic mass is 16.3. The number of anilines is 1. The molecule has 2 aromatic heterocycles. The molecule has 6 nitrogen and oxygen atoms in total. The van der Waals surface area contributed by atoms with Gasteiger partial charge in [-0.05, 0) is 37.3 Å². The molecule has 0 atom stereocenters. The Kier molecular flexibility index (Phi) is 2.83. The van der Waals surface area contributed by atoms with Gasteiger partial charge in [0, 0.05) is 11.3 Å². The Bertz CT molecular complexity index is 795. The summed E-state index contributed by atoms with van der Waals surface area (Å²) in [6.07, 6.45) is 0. The Morgan fingerprint density at radius 1 is 1.30 bits per heavy atom. The van der Waals surface area contributed by atoms with Gasteiger partial charge >= 0.3 is 0 Å². The van der Waals surface area contributed by atoms with E-state index in [1.807, 2.05) is 19.1 Å². The van der Waals surface area contributed by atoms with Gasteiger partial charge in [-0.3, -0.25) is 9.89 Å². The molecule has 0 saturated carbocycles. The van der Waals surface area contributed by atoms with Crippen LogP contribution in [0.2, 0.25) is 0 Å². The van der Waals surface area contributed by atoms with Gasteiger partial charge in [0.1, 0.15) is 5.75 Å². The Morgan fingerprint density at radius 3 is 2.95 bits per heavy atom. The molecule has 0 saturated heterocycles. The van der Waals surface area contributed by atoms with Gasteiger partial charge in [0.05, 0.1) is 5.39 Å². The van der Waals surface area contributed by atoms with E-state index in [2.05, 4.69) is 20.5 Å². The predicted molar refractivity (Wildman–Crippen MR) is 74.7 cm³/mol. The number of aromatic nitrogens is 3. The maximum Gasteiger partial charge on any atom is 0.257 e. The van der Waals surface area contributed by atoms with Gasteiger partial charge in [0.25, 0.3) is 5.91 Å². The van der Waals surface area contributed by atoms with Crippen molar-refractivity contribution in [2.24, 2.45) is 0 Å². The monoisotopic (exact) mass is 268 g/mol. The molecular formula is C14H12N4O2. The lowest BCUT2D eigenvalue weighted by Gasteiger charge is -2.03. The lowest BCUT2D eigenvalue weighted by atomic mass is 10.2. The number of benzene rings is 1. The molecule has 3 N–H and O–H groups in total. The standard InChI is InChI=1S/C14H12N4O2/c1-8-5-6-11-12(15-8)17-18-13(11)16-14(20)9-3-2-4-10(19)7-9/h2-7,19H,1H3,(H2,15,16,17,18,20). The number of aryl methyl sites for hydroxylation is 1. The average Bonchev–Trinajstić information content (AvgIpc) is 2.81. The van der Waals surface area contributed by atoms with Gasteiger partial charge in [-0.15, -0.1) is 0 Å². The molecule has 3 rings (SSSR count). The first-order valence-electron chi connectivity index (χ1n) is 6.05. The van der Waals surface area contributed by atoms with E-state index in [9.17, 15) is 9.90 Å². The van der Waals surface area contributed by atoms with Gasteiger partial charge in [-0.1, -0.05) is 6.07 Å². The van der Waals surface area contributed by atoms with Crippen LogP contribution in [0, 0.1) is 6.92 Å². The minimum Gasteiger partial charge on any atom is -0.508 e. The van der Waals surface area contributed by atoms with Crippen LogP contribution in [0.3, 0.4) is 0 Å². The maximum absolute atomic E-state index is 12.1. The smallest absolute Gasteiger partial charge is 0.257 e. The molecule has 20 heavy (non-hydrogen) atoms. The second-order valence-corrected chi connectivity index (χ2v) is 4.43. The predicted octanol–water partition coefficient (Wildman–Crippen LogP) is 2.22. The number of pyridine rings is 1. The highest BCUT2D eigenvalue weighted by Crippen LogP contribution is 2.20. The summed E-state index contributed by atoms with van der Waals surface area (Å²) >= 11 is 0. The van der Waals surface area contributed by atoms with E-state index in [1.165, 1.54) is 12.1 Å². The van der Waals surface area contributed by atoms with Crippen molar-refractivity contribution in [3.63, 3.8) is 0 Å². The van der Waals surface area contributed by atoms with Crippen molar-refractivity contribution >= 4 is 22.8 Å². The first kappa shape index (κ1) is 12.2. The van der Waals surface area contributed by atoms with Crippen LogP contribution in [0.4, 0.5) is 5.82 Å². The van der Waals surface area contributed by atoms with Crippen LogP contribution in [0.15, 0.2) is 36.4 Å². The van der Waals surface area contributed by atoms with E-state index in [1.54, 1.807) is 12.1 Å². The van der Waals surface area contributed by atoms with E-state index in [0.717, 1.165) is 11.1 Å². The molecule has 0 aliphatic rings. The summed E-state index contributed by atoms with van der Waals surface area (Å²) in [4.78, 5) is 16.4. The van der Waals surface area contributed by atoms with Crippen LogP contribution in [0.1, 0.15) is 16.1 Å². The fourth-order valence-corrected chi connectivity index (χ4v) is 1.92. The van der Waals surface area contributed by atoms with Crippen LogP contribution in [0.5, 0.6) is 5.75 Å². The Balaban J connectivity index is 1.91. The van der Waals surface area contributed by atoms with Gasteiger partial charge in [0.15, 0.2) is 11.5 Å². The van der Waals surface area contributed by atoms with E-state index in [4.69, 9.17) is 0 Å². The Labute approximate surface area is 114 Å². The van der Waals surface area contributed by atoms with E-state index >= 15 is 0 Å². The molecule has 0 aliphatic heterocycles. The fraction of sp³-hybridized carbons (Fsp3) is 0.0714. The molecule has 0 fully saturated rings. The third-order valence-electron chi connectivity index (χ3n) is 2.90. The quantitative estimate of drug-likeness (QED) is 0.664. The van der Waals surface area contributed by atoms with Crippen molar-refractivity contribution in [2.45, 2.75) is 6.92 Å². The van der Waals surface area contributed by atoms with E-state index in [-0.39, 0.29) is 11.7 Å². The number of aromatic hydroxyl groups is 1. The summed E-state index contributed by atoms with van der Waals surface area (Å²) in [6.45, 7) is 1.88. The van der Waals surface area contributed by atoms with Crippen molar-refractivity contribution < 1.29 is 9.90 Å². The molecule has 2 heterocycles. The normalized spacial score (nSPS) is 10.7. The zero-order valence-corrected chi connectivity index (χ0v) is 10.7. The summed E-state index contributed by atoms with van der Waals surface area (Å²) in [7, 11) is 0. The fourth-order valence-electron chi connectivity index (χ4n) is 1.92. The van der Waals surface area contributed by atoms with E-state index in [0.29, 0.717) is 17.0 Å². The zero-order chi connectivity index (χ0) is 14.1. The number of nitrogens with one attached hydrogen (secondary N) is 2. The number of amides is 1. The molecule has 3 aromatic rings. The number of phenols is 1. The number of aromatic amines is 1. The molecule has 1 aromatic carbocycles. The van der Waals surface area contributed by atoms with Crippen LogP contribution in [0.25, 0.3) is 11.0 Å². The number of rotatable bonds is 2. The van der Waals surface area contributed by atoms with Crippen molar-refractivity contribution in [2.75, 3.05) is 5.32 Å². The number of fused-ring (bicyclic) bond motifs is 1. The van der Waals surface area contributed by atoms with Gasteiger partial charge in [0.2, 0.25) is 0 Å². The average molecular weight is 268 g/mol. The minimum absolute atomic E-state index is 0.0434. The molecule has 1 amide bonds. The second kappa shape index (κ2) is 4.65. The second-order valence-electron chi connectivity index (χ2n) is 4.43. The largest absolute Gasteiger partial charge is 0.508 e. The molecule has 0 unspecified atom stereocenters. The van der Waals surface area contributed by atoms with Crippen molar-refractivity contribution in [3.05, 3.63) is 47.7 Å². The summed E-state index contributed by atoms with van der Waals surface area (Å²) < 4.78 is 0. The number of hydrogen-bond donors (Lipinski definition) is 3. The highest BCUT2D eigenvalue weighted by Gasteiger charge is 2.12. The van der Waals surface area contributed by atoms with Crippen LogP contribution in [-0.2, 0) is 0 Å². The summed E-state index contributed by atoms with van der Waals surface area (Å²) in [5.41, 5.74) is 1.85. The number of H-pyrrole nitrogens is 1. The number of hydrogen-bond acceptors (Lipinski definition) is 4. The first-order valence-corrected chi connectivity index (χ1v) is 6.05. The highest BCUT2D eigenvalue weighted by molar-refractivity contribution is 6.07. The third kappa shape index (κ3) is 2.18. The van der Waals surface area contributed by atoms with Gasteiger partial charge in [-0.2, -0.15) is 5.10 Å². The number of nitrogens with zero attached hydrogens (tertiary/aromatic N) is 2. The molecule has 0 aliphatic carbocycles. The SMILES string of the molecule is Cc1ccc2c(NC(=O)c3cccc(O)c3)n[nH]c2n1. The summed E-state index contributed by atoms with van der Waals surface area (Å²) in [5, 5.41) is 19.6. The van der Waals surface area contributed by atoms with Crippen molar-refractivity contribution in [3.8, 4) is 5.75 Å². The first-order chi connectivity index (χ1) is 9.63. The Morgan fingerprint density at radius 2 is 2.15 bits per heavy atom. The summed E-state index contributed by atoms with van der Waals surface area (Å²) in [5.74, 6) is 0.123. The summed E-state index contributed by atoms with van der Waals surface area (Å²) in [6, 6.07) is 9.82. The molecule has 0 bridgehead atoms. The zero-order valence-electron chi connectivity index (χ0n) is 10.7. The number of carbonyl (C=O) groups excluding carboxylic acids is 1. The molecule has 6 heteroatoms. The Hall–Kier alpha value is -2.89. The van der Waals surface area contributed by atoms with Crippen molar-refractivity contribution in [1.82, 2.24) is 15.2 Å². The molecule has 0 spiro atoms. The van der Waals surface area contributed by atoms with Gasteiger partial charge < -0.3 is 10.4 Å². The van der Waals surface area contributed by atoms with Crippen LogP contribution < -0.4 is 5.32 Å². The van der Waals surface area contributed by atoms with Crippen LogP contribution in [-0.4, -0.2) is 26.2 Å². The maximum atomic E-state index is 12.1. The number of phenolic OH excluding ortho intramolecular Hbond substituents is 1. The molecule has 0 radical (unpaired) electrons.